The molecule has 0 aliphatic carbocycles. The highest BCUT2D eigenvalue weighted by Crippen LogP contribution is 2.14. The Morgan fingerprint density at radius 2 is 2.50 bits per heavy atom. The Morgan fingerprint density at radius 3 is 2.93 bits per heavy atom. The number of nitrogens with two attached hydrogens (primary N) is 1. The van der Waals surface area contributed by atoms with Crippen LogP contribution in [0.15, 0.2) is 6.20 Å². The lowest BCUT2D eigenvalue weighted by Crippen LogP contribution is -2.33. The molecule has 2 N–H and O–H groups in total. The Balaban J connectivity index is 2.69. The summed E-state index contributed by atoms with van der Waals surface area (Å²) >= 11 is 5.85. The first-order chi connectivity index (χ1) is 6.54. The molecule has 0 fully saturated rings. The van der Waals surface area contributed by atoms with Gasteiger partial charge in [-0.05, 0) is 0 Å². The van der Waals surface area contributed by atoms with Crippen molar-refractivity contribution < 1.29 is 9.53 Å². The van der Waals surface area contributed by atoms with Gasteiger partial charge in [-0.15, -0.1) is 0 Å². The lowest BCUT2D eigenvalue weighted by molar-refractivity contribution is -0.142. The maximum absolute atomic E-state index is 11.0. The van der Waals surface area contributed by atoms with Gasteiger partial charge in [0.05, 0.1) is 17.8 Å². The van der Waals surface area contributed by atoms with Gasteiger partial charge in [-0.1, -0.05) is 11.6 Å². The molecular weight excluding hydrogens is 206 g/mol. The standard InChI is InChI=1S/C8H12ClN3O2/c1-12-4-5(9)7(11-12)3-6(10)8(13)14-2/h4,6H,3,10H2,1-2H3. The van der Waals surface area contributed by atoms with Crippen LogP contribution in [-0.4, -0.2) is 28.9 Å². The van der Waals surface area contributed by atoms with Gasteiger partial charge in [-0.3, -0.25) is 9.48 Å². The van der Waals surface area contributed by atoms with Gasteiger partial charge in [0.15, 0.2) is 0 Å². The number of halogens is 1. The van der Waals surface area contributed by atoms with Crippen LogP contribution in [0.5, 0.6) is 0 Å². The van der Waals surface area contributed by atoms with Gasteiger partial charge in [0.2, 0.25) is 0 Å². The second-order valence-corrected chi connectivity index (χ2v) is 3.34. The molecule has 0 saturated heterocycles. The van der Waals surface area contributed by atoms with Crippen molar-refractivity contribution in [3.8, 4) is 0 Å². The topological polar surface area (TPSA) is 70.1 Å². The van der Waals surface area contributed by atoms with E-state index in [4.69, 9.17) is 17.3 Å². The normalized spacial score (nSPS) is 12.6. The molecular formula is C8H12ClN3O2. The van der Waals surface area contributed by atoms with Crippen LogP contribution >= 0.6 is 11.6 Å². The molecule has 1 unspecified atom stereocenters. The van der Waals surface area contributed by atoms with Crippen molar-refractivity contribution in [3.63, 3.8) is 0 Å². The highest BCUT2D eigenvalue weighted by Gasteiger charge is 2.17. The van der Waals surface area contributed by atoms with Gasteiger partial charge in [-0.2, -0.15) is 5.10 Å². The summed E-state index contributed by atoms with van der Waals surface area (Å²) in [6.45, 7) is 0. The van der Waals surface area contributed by atoms with E-state index >= 15 is 0 Å². The van der Waals surface area contributed by atoms with Crippen LogP contribution in [-0.2, 0) is 23.0 Å². The molecule has 0 amide bonds. The molecule has 78 valence electrons. The first-order valence-electron chi connectivity index (χ1n) is 4.06. The predicted octanol–water partition coefficient (Wildman–Crippen LogP) is 0.116. The minimum Gasteiger partial charge on any atom is -0.468 e. The summed E-state index contributed by atoms with van der Waals surface area (Å²) in [5.74, 6) is -0.466. The van der Waals surface area contributed by atoms with Crippen molar-refractivity contribution in [2.75, 3.05) is 7.11 Å². The number of aromatic nitrogens is 2. The number of carbonyl (C=O) groups excluding carboxylic acids is 1. The van der Waals surface area contributed by atoms with Crippen LogP contribution in [0.1, 0.15) is 5.69 Å². The van der Waals surface area contributed by atoms with Crippen molar-refractivity contribution in [3.05, 3.63) is 16.9 Å². The van der Waals surface area contributed by atoms with Gasteiger partial charge < -0.3 is 10.5 Å². The first-order valence-corrected chi connectivity index (χ1v) is 4.43. The Kier molecular flexibility index (Phi) is 3.49. The average molecular weight is 218 g/mol. The van der Waals surface area contributed by atoms with Crippen molar-refractivity contribution >= 4 is 17.6 Å². The van der Waals surface area contributed by atoms with Crippen molar-refractivity contribution in [2.24, 2.45) is 12.8 Å². The zero-order chi connectivity index (χ0) is 10.7. The molecule has 5 nitrogen and oxygen atoms in total. The van der Waals surface area contributed by atoms with Gasteiger partial charge in [-0.25, -0.2) is 0 Å². The fraction of sp³-hybridized carbons (Fsp3) is 0.500. The van der Waals surface area contributed by atoms with E-state index in [2.05, 4.69) is 9.84 Å². The van der Waals surface area contributed by atoms with E-state index in [1.807, 2.05) is 0 Å². The zero-order valence-corrected chi connectivity index (χ0v) is 8.78. The van der Waals surface area contributed by atoms with Crippen LogP contribution in [0, 0.1) is 0 Å². The van der Waals surface area contributed by atoms with Gasteiger partial charge in [0, 0.05) is 19.7 Å². The van der Waals surface area contributed by atoms with Crippen molar-refractivity contribution in [2.45, 2.75) is 12.5 Å². The number of hydrogen-bond donors (Lipinski definition) is 1. The minimum absolute atomic E-state index is 0.284. The number of carbonyl (C=O) groups is 1. The smallest absolute Gasteiger partial charge is 0.323 e. The summed E-state index contributed by atoms with van der Waals surface area (Å²) in [7, 11) is 3.04. The van der Waals surface area contributed by atoms with Gasteiger partial charge in [0.25, 0.3) is 0 Å². The molecule has 0 aliphatic rings. The van der Waals surface area contributed by atoms with E-state index in [-0.39, 0.29) is 6.42 Å². The van der Waals surface area contributed by atoms with E-state index in [9.17, 15) is 4.79 Å². The first kappa shape index (κ1) is 11.0. The second kappa shape index (κ2) is 4.43. The summed E-state index contributed by atoms with van der Waals surface area (Å²) in [4.78, 5) is 11.0. The van der Waals surface area contributed by atoms with Crippen molar-refractivity contribution in [1.82, 2.24) is 9.78 Å². The van der Waals surface area contributed by atoms with E-state index in [1.54, 1.807) is 17.9 Å². The number of nitrogens with zero attached hydrogens (tertiary/aromatic N) is 2. The van der Waals surface area contributed by atoms with Crippen LogP contribution in [0.3, 0.4) is 0 Å². The summed E-state index contributed by atoms with van der Waals surface area (Å²) < 4.78 is 6.06. The van der Waals surface area contributed by atoms with Crippen LogP contribution in [0.25, 0.3) is 0 Å². The number of aryl methyl sites for hydroxylation is 1. The molecule has 1 aromatic rings. The van der Waals surface area contributed by atoms with E-state index in [1.165, 1.54) is 7.11 Å². The summed E-state index contributed by atoms with van der Waals surface area (Å²) in [5, 5.41) is 4.57. The number of esters is 1. The van der Waals surface area contributed by atoms with E-state index in [0.29, 0.717) is 10.7 Å². The quantitative estimate of drug-likeness (QED) is 0.730. The fourth-order valence-electron chi connectivity index (χ4n) is 1.09. The Morgan fingerprint density at radius 1 is 1.86 bits per heavy atom. The largest absolute Gasteiger partial charge is 0.468 e. The monoisotopic (exact) mass is 217 g/mol. The summed E-state index contributed by atoms with van der Waals surface area (Å²) in [6, 6.07) is -0.715. The number of ether oxygens (including phenoxy) is 1. The molecule has 0 aromatic carbocycles. The molecule has 0 radical (unpaired) electrons. The highest BCUT2D eigenvalue weighted by molar-refractivity contribution is 6.31. The molecule has 1 heterocycles. The Labute approximate surface area is 86.8 Å². The lowest BCUT2D eigenvalue weighted by atomic mass is 10.2. The third kappa shape index (κ3) is 2.46. The van der Waals surface area contributed by atoms with E-state index in [0.717, 1.165) is 0 Å². The predicted molar refractivity (Wildman–Crippen MR) is 51.9 cm³/mol. The molecule has 6 heteroatoms. The summed E-state index contributed by atoms with van der Waals surface area (Å²) in [5.41, 5.74) is 6.16. The maximum Gasteiger partial charge on any atom is 0.323 e. The van der Waals surface area contributed by atoms with Crippen LogP contribution in [0.2, 0.25) is 5.02 Å². The Hall–Kier alpha value is -1.07. The molecule has 1 atom stereocenters. The molecule has 0 saturated carbocycles. The van der Waals surface area contributed by atoms with E-state index < -0.39 is 12.0 Å². The van der Waals surface area contributed by atoms with Crippen LogP contribution in [0.4, 0.5) is 0 Å². The molecule has 0 bridgehead atoms. The second-order valence-electron chi connectivity index (χ2n) is 2.93. The molecule has 0 aliphatic heterocycles. The zero-order valence-electron chi connectivity index (χ0n) is 8.03. The molecule has 0 spiro atoms. The number of hydrogen-bond acceptors (Lipinski definition) is 4. The average Bonchev–Trinajstić information content (AvgIpc) is 2.44. The number of methoxy groups -OCH3 is 1. The third-order valence-electron chi connectivity index (χ3n) is 1.77. The number of rotatable bonds is 3. The third-order valence-corrected chi connectivity index (χ3v) is 2.09. The van der Waals surface area contributed by atoms with Crippen molar-refractivity contribution in [1.29, 1.82) is 0 Å². The lowest BCUT2D eigenvalue weighted by Gasteiger charge is -2.06. The van der Waals surface area contributed by atoms with Gasteiger partial charge >= 0.3 is 5.97 Å². The SMILES string of the molecule is COC(=O)C(N)Cc1nn(C)cc1Cl. The molecule has 1 aromatic heterocycles. The Bertz CT molecular complexity index is 337. The van der Waals surface area contributed by atoms with Gasteiger partial charge in [0.1, 0.15) is 6.04 Å². The maximum atomic E-state index is 11.0. The van der Waals surface area contributed by atoms with Crippen LogP contribution < -0.4 is 5.73 Å². The molecule has 14 heavy (non-hydrogen) atoms. The summed E-state index contributed by atoms with van der Waals surface area (Å²) in [6.07, 6.45) is 1.94. The fourth-order valence-corrected chi connectivity index (χ4v) is 1.34. The minimum atomic E-state index is -0.715. The highest BCUT2D eigenvalue weighted by atomic mass is 35.5. The molecule has 1 rings (SSSR count).